The molecule has 3 N–H and O–H groups in total. The number of carbonyl (C=O) groups is 1. The van der Waals surface area contributed by atoms with Crippen molar-refractivity contribution in [1.29, 1.82) is 0 Å². The smallest absolute Gasteiger partial charge is 0.256 e. The van der Waals surface area contributed by atoms with Gasteiger partial charge in [-0.2, -0.15) is 0 Å². The van der Waals surface area contributed by atoms with Gasteiger partial charge in [-0.1, -0.05) is 15.9 Å². The minimum atomic E-state index is -0.510. The summed E-state index contributed by atoms with van der Waals surface area (Å²) in [4.78, 5) is 16.3. The predicted octanol–water partition coefficient (Wildman–Crippen LogP) is 3.46. The number of nitrogens with zero attached hydrogens (tertiary/aromatic N) is 1. The molecule has 0 saturated carbocycles. The van der Waals surface area contributed by atoms with Gasteiger partial charge in [-0.05, 0) is 38.1 Å². The summed E-state index contributed by atoms with van der Waals surface area (Å²) >= 11 is 5.08. The van der Waals surface area contributed by atoms with Crippen LogP contribution >= 0.6 is 27.3 Å². The number of hydrogen-bond donors (Lipinski definition) is 3. The van der Waals surface area contributed by atoms with Crippen molar-refractivity contribution in [3.8, 4) is 11.5 Å². The lowest BCUT2D eigenvalue weighted by Gasteiger charge is -2.28. The van der Waals surface area contributed by atoms with Gasteiger partial charge in [0.2, 0.25) is 0 Å². The van der Waals surface area contributed by atoms with E-state index in [0.717, 1.165) is 40.1 Å². The Balaban J connectivity index is 1.71. The molecule has 0 unspecified atom stereocenters. The first-order chi connectivity index (χ1) is 12.5. The van der Waals surface area contributed by atoms with E-state index in [0.29, 0.717) is 17.9 Å². The van der Waals surface area contributed by atoms with Gasteiger partial charge in [0, 0.05) is 28.0 Å². The van der Waals surface area contributed by atoms with Crippen molar-refractivity contribution in [1.82, 2.24) is 10.2 Å². The topological polar surface area (TPSA) is 73.8 Å². The van der Waals surface area contributed by atoms with Crippen molar-refractivity contribution in [2.24, 2.45) is 0 Å². The second kappa shape index (κ2) is 6.75. The molecule has 26 heavy (non-hydrogen) atoms. The normalized spacial score (nSPS) is 19.3. The van der Waals surface area contributed by atoms with E-state index < -0.39 is 6.17 Å². The Morgan fingerprint density at radius 3 is 3.00 bits per heavy atom. The number of aromatic hydroxyl groups is 1. The fourth-order valence-corrected chi connectivity index (χ4v) is 5.29. The van der Waals surface area contributed by atoms with Gasteiger partial charge >= 0.3 is 0 Å². The standard InChI is InChI=1S/C18H20BrN3O3S/c1-3-25-12-7-9(19)6-11(15(12)23)16-20-17(24)14-10-4-5-22(2)8-13(10)26-18(14)21-16/h6-7,16,21,23H,3-5,8H2,1-2H3,(H,20,24)/t16-/m1/s1. The molecule has 0 spiro atoms. The highest BCUT2D eigenvalue weighted by Gasteiger charge is 2.34. The first kappa shape index (κ1) is 17.6. The zero-order chi connectivity index (χ0) is 18.4. The van der Waals surface area contributed by atoms with Crippen molar-refractivity contribution < 1.29 is 14.6 Å². The molecule has 4 rings (SSSR count). The number of carbonyl (C=O) groups excluding carboxylic acids is 1. The van der Waals surface area contributed by atoms with Crippen LogP contribution in [0.3, 0.4) is 0 Å². The maximum Gasteiger partial charge on any atom is 0.256 e. The number of nitrogens with one attached hydrogen (secondary N) is 2. The third-order valence-electron chi connectivity index (χ3n) is 4.71. The van der Waals surface area contributed by atoms with Crippen LogP contribution in [0.2, 0.25) is 0 Å². The van der Waals surface area contributed by atoms with Crippen LogP contribution in [0.1, 0.15) is 39.5 Å². The minimum Gasteiger partial charge on any atom is -0.504 e. The van der Waals surface area contributed by atoms with E-state index in [1.165, 1.54) is 4.88 Å². The molecule has 1 amide bonds. The highest BCUT2D eigenvalue weighted by atomic mass is 79.9. The Kier molecular flexibility index (Phi) is 4.58. The predicted molar refractivity (Wildman–Crippen MR) is 105 cm³/mol. The highest BCUT2D eigenvalue weighted by molar-refractivity contribution is 9.10. The van der Waals surface area contributed by atoms with Crippen molar-refractivity contribution in [2.75, 3.05) is 25.5 Å². The first-order valence-electron chi connectivity index (χ1n) is 8.53. The number of fused-ring (bicyclic) bond motifs is 3. The van der Waals surface area contributed by atoms with Crippen molar-refractivity contribution >= 4 is 38.2 Å². The summed E-state index contributed by atoms with van der Waals surface area (Å²) in [6.07, 6.45) is 0.373. The summed E-state index contributed by atoms with van der Waals surface area (Å²) in [7, 11) is 2.09. The van der Waals surface area contributed by atoms with Crippen LogP contribution in [-0.4, -0.2) is 36.1 Å². The van der Waals surface area contributed by atoms with E-state index in [1.807, 2.05) is 6.92 Å². The van der Waals surface area contributed by atoms with Gasteiger partial charge in [0.25, 0.3) is 5.91 Å². The van der Waals surface area contributed by atoms with Gasteiger partial charge < -0.3 is 25.4 Å². The van der Waals surface area contributed by atoms with Gasteiger partial charge in [0.05, 0.1) is 12.2 Å². The molecule has 2 aromatic rings. The third kappa shape index (κ3) is 2.95. The van der Waals surface area contributed by atoms with Crippen LogP contribution in [-0.2, 0) is 13.0 Å². The number of benzene rings is 1. The van der Waals surface area contributed by atoms with Crippen LogP contribution in [0.25, 0.3) is 0 Å². The van der Waals surface area contributed by atoms with E-state index in [9.17, 15) is 9.90 Å². The number of hydrogen-bond acceptors (Lipinski definition) is 6. The first-order valence-corrected chi connectivity index (χ1v) is 10.1. The molecule has 0 aliphatic carbocycles. The lowest BCUT2D eigenvalue weighted by Crippen LogP contribution is -2.38. The molecular weight excluding hydrogens is 418 g/mol. The molecule has 2 aliphatic rings. The van der Waals surface area contributed by atoms with Crippen LogP contribution in [0.15, 0.2) is 16.6 Å². The maximum absolute atomic E-state index is 12.8. The van der Waals surface area contributed by atoms with Crippen molar-refractivity contribution in [3.63, 3.8) is 0 Å². The fraction of sp³-hybridized carbons (Fsp3) is 0.389. The molecule has 138 valence electrons. The van der Waals surface area contributed by atoms with E-state index >= 15 is 0 Å². The molecular formula is C18H20BrN3O3S. The summed E-state index contributed by atoms with van der Waals surface area (Å²) < 4.78 is 6.28. The second-order valence-corrected chi connectivity index (χ2v) is 8.54. The molecule has 0 fully saturated rings. The van der Waals surface area contributed by atoms with E-state index in [4.69, 9.17) is 4.74 Å². The largest absolute Gasteiger partial charge is 0.504 e. The van der Waals surface area contributed by atoms with Crippen LogP contribution in [0.4, 0.5) is 5.00 Å². The summed E-state index contributed by atoms with van der Waals surface area (Å²) in [5.41, 5.74) is 2.49. The summed E-state index contributed by atoms with van der Waals surface area (Å²) in [5, 5.41) is 17.8. The fourth-order valence-electron chi connectivity index (χ4n) is 3.48. The average molecular weight is 438 g/mol. The molecule has 1 aromatic heterocycles. The number of thiophene rings is 1. The van der Waals surface area contributed by atoms with Crippen LogP contribution < -0.4 is 15.4 Å². The lowest BCUT2D eigenvalue weighted by molar-refractivity contribution is 0.0934. The third-order valence-corrected chi connectivity index (χ3v) is 6.31. The van der Waals surface area contributed by atoms with Gasteiger partial charge in [-0.3, -0.25) is 4.79 Å². The Labute approximate surface area is 164 Å². The summed E-state index contributed by atoms with van der Waals surface area (Å²) in [5.74, 6) is 0.339. The van der Waals surface area contributed by atoms with Gasteiger partial charge in [0.1, 0.15) is 11.2 Å². The number of rotatable bonds is 3. The van der Waals surface area contributed by atoms with Crippen LogP contribution in [0.5, 0.6) is 11.5 Å². The van der Waals surface area contributed by atoms with Crippen LogP contribution in [0, 0.1) is 0 Å². The minimum absolute atomic E-state index is 0.0392. The molecule has 8 heteroatoms. The zero-order valence-electron chi connectivity index (χ0n) is 14.6. The molecule has 0 saturated heterocycles. The Bertz CT molecular complexity index is 883. The van der Waals surface area contributed by atoms with Gasteiger partial charge in [0.15, 0.2) is 11.5 Å². The number of phenolic OH excluding ortho intramolecular Hbond substituents is 1. The number of anilines is 1. The van der Waals surface area contributed by atoms with Gasteiger partial charge in [-0.15, -0.1) is 11.3 Å². The quantitative estimate of drug-likeness (QED) is 0.685. The Morgan fingerprint density at radius 1 is 1.42 bits per heavy atom. The average Bonchev–Trinajstić information content (AvgIpc) is 2.95. The second-order valence-electron chi connectivity index (χ2n) is 6.52. The summed E-state index contributed by atoms with van der Waals surface area (Å²) in [6.45, 7) is 4.13. The molecule has 6 nitrogen and oxygen atoms in total. The van der Waals surface area contributed by atoms with Crippen molar-refractivity contribution in [3.05, 3.63) is 38.2 Å². The Morgan fingerprint density at radius 2 is 2.23 bits per heavy atom. The number of amides is 1. The Hall–Kier alpha value is -1.77. The molecule has 0 bridgehead atoms. The molecule has 1 atom stereocenters. The molecule has 0 radical (unpaired) electrons. The number of likely N-dealkylation sites (N-methyl/N-ethyl adjacent to an activating group) is 1. The summed E-state index contributed by atoms with van der Waals surface area (Å²) in [6, 6.07) is 3.51. The van der Waals surface area contributed by atoms with E-state index in [1.54, 1.807) is 23.5 Å². The highest BCUT2D eigenvalue weighted by Crippen LogP contribution is 2.43. The molecule has 3 heterocycles. The SMILES string of the molecule is CCOc1cc(Br)cc([C@@H]2NC(=O)c3c(sc4c3CCN(C)C4)N2)c1O. The number of ether oxygens (including phenoxy) is 1. The molecule has 1 aromatic carbocycles. The number of halogens is 1. The monoisotopic (exact) mass is 437 g/mol. The van der Waals surface area contributed by atoms with Crippen molar-refractivity contribution in [2.45, 2.75) is 26.1 Å². The van der Waals surface area contributed by atoms with Gasteiger partial charge in [-0.25, -0.2) is 0 Å². The number of phenols is 1. The zero-order valence-corrected chi connectivity index (χ0v) is 17.0. The maximum atomic E-state index is 12.8. The lowest BCUT2D eigenvalue weighted by atomic mass is 10.0. The molecule has 2 aliphatic heterocycles. The van der Waals surface area contributed by atoms with E-state index in [2.05, 4.69) is 38.5 Å². The van der Waals surface area contributed by atoms with E-state index in [-0.39, 0.29) is 11.7 Å².